The quantitative estimate of drug-likeness (QED) is 0.524. The Bertz CT molecular complexity index is 334. The monoisotopic (exact) mass is 208 g/mol. The zero-order valence-electron chi connectivity index (χ0n) is 7.59. The van der Waals surface area contributed by atoms with Gasteiger partial charge in [-0.3, -0.25) is 0 Å². The molecule has 3 nitrogen and oxygen atoms in total. The topological polar surface area (TPSA) is 48.9 Å². The van der Waals surface area contributed by atoms with E-state index in [0.717, 1.165) is 12.2 Å². The van der Waals surface area contributed by atoms with Gasteiger partial charge >= 0.3 is 0 Å². The summed E-state index contributed by atoms with van der Waals surface area (Å²) in [5, 5.41) is 0. The van der Waals surface area contributed by atoms with Crippen LogP contribution in [0.5, 0.6) is 0 Å². The van der Waals surface area contributed by atoms with Crippen molar-refractivity contribution >= 4 is 12.9 Å². The fourth-order valence-electron chi connectivity index (χ4n) is 1.18. The minimum atomic E-state index is 0.883. The zero-order valence-corrected chi connectivity index (χ0v) is 8.48. The molecule has 1 aromatic heterocycles. The fourth-order valence-corrected chi connectivity index (χ4v) is 1.18. The molecule has 0 atom stereocenters. The van der Waals surface area contributed by atoms with Gasteiger partial charge in [-0.05, 0) is 18.5 Å². The van der Waals surface area contributed by atoms with Crippen molar-refractivity contribution in [3.05, 3.63) is 54.1 Å². The highest BCUT2D eigenvalue weighted by molar-refractivity contribution is 7.74. The van der Waals surface area contributed by atoms with Crippen molar-refractivity contribution in [1.29, 1.82) is 0 Å². The van der Waals surface area contributed by atoms with Gasteiger partial charge in [0.1, 0.15) is 5.82 Å². The van der Waals surface area contributed by atoms with Crippen molar-refractivity contribution in [1.82, 2.24) is 9.97 Å². The first kappa shape index (κ1) is 10.8. The first-order valence-corrected chi connectivity index (χ1v) is 4.57. The van der Waals surface area contributed by atoms with Crippen LogP contribution in [-0.4, -0.2) is 14.5 Å². The predicted octanol–water partition coefficient (Wildman–Crippen LogP) is 2.39. The average Bonchev–Trinajstić information content (AvgIpc) is 2.75. The Balaban J connectivity index is 0.000000461. The lowest BCUT2D eigenvalue weighted by atomic mass is 10.1. The Morgan fingerprint density at radius 1 is 1.21 bits per heavy atom. The van der Waals surface area contributed by atoms with Gasteiger partial charge in [-0.1, -0.05) is 30.3 Å². The van der Waals surface area contributed by atoms with Gasteiger partial charge < -0.3 is 9.54 Å². The van der Waals surface area contributed by atoms with E-state index in [2.05, 4.69) is 35.0 Å². The maximum absolute atomic E-state index is 6.69. The van der Waals surface area contributed by atoms with E-state index in [9.17, 15) is 0 Å². The molecule has 2 N–H and O–H groups in total. The second-order valence-electron chi connectivity index (χ2n) is 2.70. The summed E-state index contributed by atoms with van der Waals surface area (Å²) in [6.07, 6.45) is 4.50. The summed E-state index contributed by atoms with van der Waals surface area (Å²) < 4.78 is 6.69. The van der Waals surface area contributed by atoms with E-state index in [1.165, 1.54) is 5.56 Å². The Morgan fingerprint density at radius 2 is 1.93 bits per heavy atom. The molecule has 0 aliphatic rings. The van der Waals surface area contributed by atoms with Crippen LogP contribution in [0.15, 0.2) is 42.7 Å². The minimum Gasteiger partial charge on any atom is -0.348 e. The molecule has 0 saturated carbocycles. The number of imidazole rings is 1. The number of hydrogen-bond acceptors (Lipinski definition) is 3. The molecule has 0 aliphatic carbocycles. The highest BCUT2D eigenvalue weighted by atomic mass is 32.1. The zero-order chi connectivity index (χ0) is 10.2. The summed E-state index contributed by atoms with van der Waals surface area (Å²) in [4.78, 5) is 7.23. The summed E-state index contributed by atoms with van der Waals surface area (Å²) in [7, 11) is 0. The number of aromatic nitrogens is 2. The number of nitrogens with zero attached hydrogens (tertiary/aromatic N) is 1. The third kappa shape index (κ3) is 3.24. The summed E-state index contributed by atoms with van der Waals surface area (Å²) in [5.41, 5.74) is 1.28. The van der Waals surface area contributed by atoms with Crippen molar-refractivity contribution < 1.29 is 4.55 Å². The molecule has 0 unspecified atom stereocenters. The smallest absolute Gasteiger partial charge is 0.110 e. The first-order valence-electron chi connectivity index (χ1n) is 4.17. The number of benzene rings is 1. The fraction of sp³-hybridized carbons (Fsp3) is 0.100. The van der Waals surface area contributed by atoms with Crippen LogP contribution in [0.4, 0.5) is 0 Å². The van der Waals surface area contributed by atoms with E-state index in [-0.39, 0.29) is 0 Å². The number of thiol groups is 1. The van der Waals surface area contributed by atoms with Crippen LogP contribution in [0.1, 0.15) is 11.4 Å². The van der Waals surface area contributed by atoms with Crippen LogP contribution < -0.4 is 0 Å². The molecule has 1 heterocycles. The van der Waals surface area contributed by atoms with Crippen molar-refractivity contribution in [2.24, 2.45) is 0 Å². The Hall–Kier alpha value is -1.26. The molecule has 2 rings (SSSR count). The van der Waals surface area contributed by atoms with E-state index in [1.807, 2.05) is 24.4 Å². The van der Waals surface area contributed by atoms with Gasteiger partial charge in [0.15, 0.2) is 0 Å². The van der Waals surface area contributed by atoms with Gasteiger partial charge in [-0.15, -0.1) is 0 Å². The van der Waals surface area contributed by atoms with Crippen LogP contribution in [0.3, 0.4) is 0 Å². The molecule has 2 aromatic rings. The standard InChI is InChI=1S/C10H10N2.H2OS/c1-2-4-9(5-3-1)8-10-11-6-7-12-10;1-2/h1-7H,8H2,(H,11,12);1-2H. The third-order valence-corrected chi connectivity index (χ3v) is 1.77. The number of H-pyrrole nitrogens is 1. The van der Waals surface area contributed by atoms with Crippen LogP contribution in [0.2, 0.25) is 0 Å². The molecule has 0 bridgehead atoms. The van der Waals surface area contributed by atoms with Crippen LogP contribution in [0.25, 0.3) is 0 Å². The number of nitrogens with one attached hydrogen (secondary N) is 1. The predicted molar refractivity (Wildman–Crippen MR) is 59.5 cm³/mol. The van der Waals surface area contributed by atoms with Gasteiger partial charge in [0, 0.05) is 18.8 Å². The lowest BCUT2D eigenvalue weighted by Crippen LogP contribution is -1.89. The van der Waals surface area contributed by atoms with Gasteiger partial charge in [0.05, 0.1) is 0 Å². The molecule has 0 aliphatic heterocycles. The third-order valence-electron chi connectivity index (χ3n) is 1.77. The largest absolute Gasteiger partial charge is 0.348 e. The average molecular weight is 208 g/mol. The number of rotatable bonds is 2. The second-order valence-corrected chi connectivity index (χ2v) is 2.70. The molecular formula is C10H12N2OS. The van der Waals surface area contributed by atoms with Crippen LogP contribution >= 0.6 is 12.9 Å². The van der Waals surface area contributed by atoms with E-state index in [4.69, 9.17) is 4.55 Å². The Labute approximate surface area is 88.4 Å². The van der Waals surface area contributed by atoms with Crippen molar-refractivity contribution in [2.75, 3.05) is 0 Å². The summed E-state index contributed by atoms with van der Waals surface area (Å²) >= 11 is 2.53. The van der Waals surface area contributed by atoms with E-state index < -0.39 is 0 Å². The summed E-state index contributed by atoms with van der Waals surface area (Å²) in [5.74, 6) is 1.02. The molecule has 74 valence electrons. The Morgan fingerprint density at radius 3 is 2.50 bits per heavy atom. The van der Waals surface area contributed by atoms with E-state index >= 15 is 0 Å². The summed E-state index contributed by atoms with van der Waals surface area (Å²) in [6, 6.07) is 10.3. The van der Waals surface area contributed by atoms with Gasteiger partial charge in [0.2, 0.25) is 0 Å². The maximum Gasteiger partial charge on any atom is 0.110 e. The molecule has 1 aromatic carbocycles. The molecule has 0 spiro atoms. The van der Waals surface area contributed by atoms with Gasteiger partial charge in [-0.2, -0.15) is 0 Å². The molecule has 0 amide bonds. The lowest BCUT2D eigenvalue weighted by Gasteiger charge is -1.95. The molecule has 0 saturated heterocycles. The number of hydrogen-bond donors (Lipinski definition) is 3. The second kappa shape index (κ2) is 6.23. The minimum absolute atomic E-state index is 0.883. The Kier molecular flexibility index (Phi) is 4.82. The normalized spacial score (nSPS) is 9.00. The van der Waals surface area contributed by atoms with E-state index in [1.54, 1.807) is 6.20 Å². The van der Waals surface area contributed by atoms with Gasteiger partial charge in [-0.25, -0.2) is 4.98 Å². The number of aromatic amines is 1. The maximum atomic E-state index is 6.69. The van der Waals surface area contributed by atoms with Crippen molar-refractivity contribution in [3.63, 3.8) is 0 Å². The highest BCUT2D eigenvalue weighted by Gasteiger charge is 1.95. The summed E-state index contributed by atoms with van der Waals surface area (Å²) in [6.45, 7) is 0. The lowest BCUT2D eigenvalue weighted by molar-refractivity contribution is 0.679. The molecule has 0 fully saturated rings. The van der Waals surface area contributed by atoms with Gasteiger partial charge in [0.25, 0.3) is 0 Å². The molecule has 4 heteroatoms. The highest BCUT2D eigenvalue weighted by Crippen LogP contribution is 2.03. The van der Waals surface area contributed by atoms with Crippen LogP contribution in [0, 0.1) is 0 Å². The van der Waals surface area contributed by atoms with Crippen molar-refractivity contribution in [2.45, 2.75) is 6.42 Å². The van der Waals surface area contributed by atoms with Crippen molar-refractivity contribution in [3.8, 4) is 0 Å². The molecular weight excluding hydrogens is 196 g/mol. The molecule has 0 radical (unpaired) electrons. The van der Waals surface area contributed by atoms with Crippen LogP contribution in [-0.2, 0) is 6.42 Å². The SMILES string of the molecule is OS.c1ccc(Cc2ncc[nH]2)cc1. The first-order chi connectivity index (χ1) is 6.95. The molecule has 14 heavy (non-hydrogen) atoms. The van der Waals surface area contributed by atoms with E-state index in [0.29, 0.717) is 0 Å².